The predicted molar refractivity (Wildman–Crippen MR) is 70.0 cm³/mol. The fourth-order valence-corrected chi connectivity index (χ4v) is 2.48. The van der Waals surface area contributed by atoms with Crippen molar-refractivity contribution < 1.29 is 19.8 Å². The predicted octanol–water partition coefficient (Wildman–Crippen LogP) is 1.25. The SMILES string of the molecule is O=C(O)c1cnn2c(N3CCCCC3=O)c(O)ccc12. The van der Waals surface area contributed by atoms with Gasteiger partial charge in [-0.2, -0.15) is 5.10 Å². The lowest BCUT2D eigenvalue weighted by atomic mass is 10.1. The Labute approximate surface area is 114 Å². The minimum Gasteiger partial charge on any atom is -0.504 e. The number of carboxylic acids is 1. The first-order chi connectivity index (χ1) is 9.59. The number of piperidine rings is 1. The summed E-state index contributed by atoms with van der Waals surface area (Å²) in [5, 5.41) is 23.1. The van der Waals surface area contributed by atoms with E-state index in [-0.39, 0.29) is 23.0 Å². The fourth-order valence-electron chi connectivity index (χ4n) is 2.48. The first-order valence-electron chi connectivity index (χ1n) is 6.33. The molecule has 1 aliphatic rings. The maximum atomic E-state index is 12.0. The molecule has 1 fully saturated rings. The third kappa shape index (κ3) is 1.78. The van der Waals surface area contributed by atoms with Crippen molar-refractivity contribution in [3.8, 4) is 5.75 Å². The highest BCUT2D eigenvalue weighted by atomic mass is 16.4. The van der Waals surface area contributed by atoms with E-state index >= 15 is 0 Å². The molecule has 1 aliphatic heterocycles. The van der Waals surface area contributed by atoms with Crippen LogP contribution in [0.5, 0.6) is 5.75 Å². The molecule has 0 unspecified atom stereocenters. The molecule has 0 saturated carbocycles. The van der Waals surface area contributed by atoms with Crippen molar-refractivity contribution in [3.05, 3.63) is 23.9 Å². The maximum absolute atomic E-state index is 12.0. The summed E-state index contributed by atoms with van der Waals surface area (Å²) in [4.78, 5) is 24.6. The summed E-state index contributed by atoms with van der Waals surface area (Å²) in [6.45, 7) is 0.494. The average molecular weight is 275 g/mol. The van der Waals surface area contributed by atoms with Crippen molar-refractivity contribution in [2.24, 2.45) is 0 Å². The van der Waals surface area contributed by atoms with Gasteiger partial charge >= 0.3 is 5.97 Å². The molecule has 7 heteroatoms. The molecule has 0 bridgehead atoms. The molecule has 2 N–H and O–H groups in total. The first-order valence-corrected chi connectivity index (χ1v) is 6.33. The highest BCUT2D eigenvalue weighted by Gasteiger charge is 2.26. The van der Waals surface area contributed by atoms with Gasteiger partial charge in [-0.3, -0.25) is 9.69 Å². The van der Waals surface area contributed by atoms with E-state index in [1.807, 2.05) is 0 Å². The highest BCUT2D eigenvalue weighted by molar-refractivity contribution is 5.98. The number of aromatic hydroxyl groups is 1. The van der Waals surface area contributed by atoms with Gasteiger partial charge in [0, 0.05) is 13.0 Å². The normalized spacial score (nSPS) is 15.8. The summed E-state index contributed by atoms with van der Waals surface area (Å²) in [5.74, 6) is -1.04. The number of pyridine rings is 1. The van der Waals surface area contributed by atoms with E-state index < -0.39 is 5.97 Å². The Hall–Kier alpha value is -2.57. The van der Waals surface area contributed by atoms with Gasteiger partial charge in [0.1, 0.15) is 5.56 Å². The third-order valence-corrected chi connectivity index (χ3v) is 3.44. The van der Waals surface area contributed by atoms with Crippen molar-refractivity contribution in [1.29, 1.82) is 0 Å². The van der Waals surface area contributed by atoms with Crippen LogP contribution in [0.3, 0.4) is 0 Å². The quantitative estimate of drug-likeness (QED) is 0.860. The zero-order valence-electron chi connectivity index (χ0n) is 10.6. The van der Waals surface area contributed by atoms with Gasteiger partial charge in [-0.1, -0.05) is 0 Å². The summed E-state index contributed by atoms with van der Waals surface area (Å²) < 4.78 is 1.31. The van der Waals surface area contributed by atoms with Crippen LogP contribution in [0.2, 0.25) is 0 Å². The molecule has 20 heavy (non-hydrogen) atoms. The van der Waals surface area contributed by atoms with Gasteiger partial charge in [-0.15, -0.1) is 0 Å². The molecule has 7 nitrogen and oxygen atoms in total. The Bertz CT molecular complexity index is 707. The van der Waals surface area contributed by atoms with E-state index in [0.29, 0.717) is 18.5 Å². The topological polar surface area (TPSA) is 95.1 Å². The summed E-state index contributed by atoms with van der Waals surface area (Å²) in [5.41, 5.74) is 0.388. The molecule has 1 amide bonds. The van der Waals surface area contributed by atoms with Crippen LogP contribution >= 0.6 is 0 Å². The number of hydrogen-bond acceptors (Lipinski definition) is 4. The van der Waals surface area contributed by atoms with Crippen LogP contribution in [0.1, 0.15) is 29.6 Å². The number of nitrogens with zero attached hydrogens (tertiary/aromatic N) is 3. The van der Waals surface area contributed by atoms with Crippen LogP contribution in [0.15, 0.2) is 18.3 Å². The van der Waals surface area contributed by atoms with E-state index in [2.05, 4.69) is 5.10 Å². The van der Waals surface area contributed by atoms with Crippen molar-refractivity contribution in [1.82, 2.24) is 9.61 Å². The van der Waals surface area contributed by atoms with Gasteiger partial charge < -0.3 is 10.2 Å². The Morgan fingerprint density at radius 2 is 2.10 bits per heavy atom. The lowest BCUT2D eigenvalue weighted by Gasteiger charge is -2.27. The fraction of sp³-hybridized carbons (Fsp3) is 0.308. The molecule has 2 aromatic heterocycles. The second-order valence-electron chi connectivity index (χ2n) is 4.71. The molecule has 1 saturated heterocycles. The summed E-state index contributed by atoms with van der Waals surface area (Å²) >= 11 is 0. The molecule has 0 atom stereocenters. The van der Waals surface area contributed by atoms with E-state index in [1.54, 1.807) is 0 Å². The molecule has 0 aromatic carbocycles. The smallest absolute Gasteiger partial charge is 0.339 e. The highest BCUT2D eigenvalue weighted by Crippen LogP contribution is 2.31. The molecule has 0 spiro atoms. The Morgan fingerprint density at radius 3 is 2.80 bits per heavy atom. The largest absolute Gasteiger partial charge is 0.504 e. The van der Waals surface area contributed by atoms with Crippen LogP contribution in [0, 0.1) is 0 Å². The van der Waals surface area contributed by atoms with Crippen LogP contribution in [0.25, 0.3) is 5.52 Å². The van der Waals surface area contributed by atoms with Gasteiger partial charge in [0.2, 0.25) is 5.91 Å². The van der Waals surface area contributed by atoms with E-state index in [0.717, 1.165) is 12.8 Å². The number of hydrogen-bond donors (Lipinski definition) is 2. The summed E-state index contributed by atoms with van der Waals surface area (Å²) in [7, 11) is 0. The van der Waals surface area contributed by atoms with Gasteiger partial charge in [0.05, 0.1) is 11.7 Å². The van der Waals surface area contributed by atoms with Crippen LogP contribution in [0.4, 0.5) is 5.82 Å². The van der Waals surface area contributed by atoms with Crippen LogP contribution in [-0.2, 0) is 4.79 Å². The second kappa shape index (κ2) is 4.52. The van der Waals surface area contributed by atoms with Crippen LogP contribution < -0.4 is 4.90 Å². The average Bonchev–Trinajstić information content (AvgIpc) is 2.84. The molecular weight excluding hydrogens is 262 g/mol. The van der Waals surface area contributed by atoms with Crippen molar-refractivity contribution in [3.63, 3.8) is 0 Å². The number of aromatic nitrogens is 2. The monoisotopic (exact) mass is 275 g/mol. The zero-order chi connectivity index (χ0) is 14.3. The Balaban J connectivity index is 2.21. The lowest BCUT2D eigenvalue weighted by molar-refractivity contribution is -0.119. The Morgan fingerprint density at radius 1 is 1.30 bits per heavy atom. The van der Waals surface area contributed by atoms with E-state index in [4.69, 9.17) is 5.11 Å². The Kier molecular flexibility index (Phi) is 2.81. The standard InChI is InChI=1S/C13H13N3O4/c17-10-5-4-9-8(13(19)20)7-14-16(9)12(10)15-6-2-1-3-11(15)18/h4-5,7,17H,1-3,6H2,(H,19,20). The van der Waals surface area contributed by atoms with Crippen molar-refractivity contribution in [2.75, 3.05) is 11.4 Å². The van der Waals surface area contributed by atoms with E-state index in [9.17, 15) is 14.7 Å². The van der Waals surface area contributed by atoms with Crippen LogP contribution in [-0.4, -0.2) is 38.2 Å². The molecule has 3 rings (SSSR count). The zero-order valence-corrected chi connectivity index (χ0v) is 10.6. The summed E-state index contributed by atoms with van der Waals surface area (Å²) in [6, 6.07) is 2.87. The van der Waals surface area contributed by atoms with E-state index in [1.165, 1.54) is 27.7 Å². The number of anilines is 1. The molecule has 104 valence electrons. The minimum atomic E-state index is -1.10. The van der Waals surface area contributed by atoms with Gasteiger partial charge in [-0.25, -0.2) is 9.31 Å². The number of amides is 1. The second-order valence-corrected chi connectivity index (χ2v) is 4.71. The molecule has 0 aliphatic carbocycles. The molecule has 2 aromatic rings. The third-order valence-electron chi connectivity index (χ3n) is 3.44. The number of carbonyl (C=O) groups excluding carboxylic acids is 1. The van der Waals surface area contributed by atoms with Gasteiger partial charge in [0.15, 0.2) is 11.6 Å². The molecular formula is C13H13N3O4. The first kappa shape index (κ1) is 12.5. The number of carbonyl (C=O) groups is 2. The lowest BCUT2D eigenvalue weighted by Crippen LogP contribution is -2.36. The molecule has 3 heterocycles. The van der Waals surface area contributed by atoms with Crippen molar-refractivity contribution >= 4 is 23.2 Å². The maximum Gasteiger partial charge on any atom is 0.339 e. The van der Waals surface area contributed by atoms with Gasteiger partial charge in [0.25, 0.3) is 0 Å². The van der Waals surface area contributed by atoms with Crippen molar-refractivity contribution in [2.45, 2.75) is 19.3 Å². The number of rotatable bonds is 2. The number of carboxylic acid groups (broad SMARTS) is 1. The number of fused-ring (bicyclic) bond motifs is 1. The summed E-state index contributed by atoms with van der Waals surface area (Å²) in [6.07, 6.45) is 3.30. The van der Waals surface area contributed by atoms with Gasteiger partial charge in [-0.05, 0) is 25.0 Å². The minimum absolute atomic E-state index is 0.0377. The number of aromatic carboxylic acids is 1. The molecule has 0 radical (unpaired) electrons.